The number of hydrogen-bond acceptors (Lipinski definition) is 10. The molecule has 8 bridgehead atoms. The Morgan fingerprint density at radius 2 is 0.587 bits per heavy atom. The predicted molar refractivity (Wildman–Crippen MR) is 243 cm³/mol. The van der Waals surface area contributed by atoms with Crippen LogP contribution in [-0.2, 0) is 47.4 Å². The quantitative estimate of drug-likeness (QED) is 0.0245. The van der Waals surface area contributed by atoms with Crippen molar-refractivity contribution in [2.24, 2.45) is 0 Å². The molecular formula is C43H26F12MnN7O9S3. The van der Waals surface area contributed by atoms with Gasteiger partial charge in [-0.25, -0.2) is 57.7 Å². The van der Waals surface area contributed by atoms with Crippen molar-refractivity contribution in [1.82, 2.24) is 19.9 Å². The molecule has 396 valence electrons. The molecular weight excluding hydrogens is 1140 g/mol. The molecule has 0 saturated carbocycles. The van der Waals surface area contributed by atoms with Gasteiger partial charge in [-0.3, -0.25) is 13.7 Å². The number of halogens is 12. The summed E-state index contributed by atoms with van der Waals surface area (Å²) in [7, 11) is -14.4. The summed E-state index contributed by atoms with van der Waals surface area (Å²) in [5.41, 5.74) is -18.0. The Kier molecular flexibility index (Phi) is 15.5. The average molecular weight is 1160 g/mol. The molecule has 75 heavy (non-hydrogen) atoms. The van der Waals surface area contributed by atoms with Crippen molar-refractivity contribution < 1.29 is 109 Å². The van der Waals surface area contributed by atoms with Gasteiger partial charge >= 0.3 is 17.1 Å². The fourth-order valence-corrected chi connectivity index (χ4v) is 8.75. The molecule has 32 heteroatoms. The van der Waals surface area contributed by atoms with Gasteiger partial charge in [-0.05, 0) is 28.8 Å². The van der Waals surface area contributed by atoms with Crippen molar-refractivity contribution in [2.45, 2.75) is 0 Å². The van der Waals surface area contributed by atoms with Gasteiger partial charge in [-0.15, -0.1) is 22.1 Å². The molecule has 4 aromatic heterocycles. The maximum absolute atomic E-state index is 16.5. The van der Waals surface area contributed by atoms with Crippen LogP contribution in [0, 0.1) is 69.8 Å². The molecule has 6 N–H and O–H groups in total. The van der Waals surface area contributed by atoms with E-state index in [1.807, 2.05) is 10.6 Å². The SMILES string of the molecule is O=S(=O)(O)CCNc1c(F)c(F)c(-c2c3nc(c(-c4c(F)c(F)c(NCCS(=O)(=O)O)c(F)c4F)c4ccc([n-]4)c4ccc([n-]4)c(-c4c(F)c(F)c(NCCS(=O)(=O)O)c(F)c4F)c4ccc2[n-]4)C=C3)c(F)c1F.[Mn+3]. The minimum Gasteiger partial charge on any atom is -0.658 e. The van der Waals surface area contributed by atoms with Gasteiger partial charge in [0.15, 0.2) is 69.8 Å². The first-order valence-electron chi connectivity index (χ1n) is 20.4. The van der Waals surface area contributed by atoms with Gasteiger partial charge in [-0.1, -0.05) is 36.4 Å². The number of rotatable bonds is 15. The van der Waals surface area contributed by atoms with Gasteiger partial charge in [0.25, 0.3) is 30.4 Å². The monoisotopic (exact) mass is 1160 g/mol. The maximum atomic E-state index is 16.5. The van der Waals surface area contributed by atoms with E-state index in [4.69, 9.17) is 13.7 Å². The largest absolute Gasteiger partial charge is 3.00 e. The van der Waals surface area contributed by atoms with Crippen LogP contribution in [0.15, 0.2) is 36.4 Å². The molecule has 1 aliphatic heterocycles. The van der Waals surface area contributed by atoms with E-state index in [2.05, 4.69) is 19.9 Å². The summed E-state index contributed by atoms with van der Waals surface area (Å²) < 4.78 is 288. The number of fused-ring (bicyclic) bond motifs is 9. The van der Waals surface area contributed by atoms with E-state index >= 15 is 52.7 Å². The standard InChI is InChI=1S/C43H26F12N7O9S3.Mn/c44-29-26(30(45)36(51)41(35(29)50)56-9-12-72(63,64)65)23-17-3-1-15(59-17)16-2-4-18(60-16)24(27-31(46)37(52)42(38(53)32(27)47)57-10-13-73(66,67)68)20-6-8-22(62-20)25(21-7-5-19(23)61-21)28-33(48)39(54)43(40(55)34(28)49)58-11-14-74(69,70)71;/h1-8,56-58H,9-14H2,(H,63,64,65)(H,66,67,68)(H,69,70,71);/q-3;+3. The second kappa shape index (κ2) is 20.7. The van der Waals surface area contributed by atoms with Crippen LogP contribution in [0.5, 0.6) is 0 Å². The van der Waals surface area contributed by atoms with Gasteiger partial charge in [0, 0.05) is 19.6 Å². The van der Waals surface area contributed by atoms with E-state index in [9.17, 15) is 25.3 Å². The van der Waals surface area contributed by atoms with Crippen LogP contribution in [0.4, 0.5) is 69.7 Å². The van der Waals surface area contributed by atoms with Crippen LogP contribution in [0.1, 0.15) is 11.4 Å². The Balaban J connectivity index is 0.00000820. The van der Waals surface area contributed by atoms with Gasteiger partial charge in [0.1, 0.15) is 17.1 Å². The summed E-state index contributed by atoms with van der Waals surface area (Å²) in [6.07, 6.45) is 1.57. The van der Waals surface area contributed by atoms with Gasteiger partial charge in [-0.2, -0.15) is 36.3 Å². The van der Waals surface area contributed by atoms with Crippen molar-refractivity contribution in [3.8, 4) is 33.4 Å². The van der Waals surface area contributed by atoms with Crippen molar-refractivity contribution in [2.75, 3.05) is 52.8 Å². The molecule has 7 aromatic rings. The smallest absolute Gasteiger partial charge is 0.658 e. The minimum atomic E-state index is -4.82. The molecule has 0 radical (unpaired) electrons. The molecule has 8 rings (SSSR count). The molecule has 0 aliphatic carbocycles. The van der Waals surface area contributed by atoms with Gasteiger partial charge < -0.3 is 30.9 Å². The van der Waals surface area contributed by atoms with Gasteiger partial charge in [0.05, 0.1) is 45.3 Å². The van der Waals surface area contributed by atoms with Crippen LogP contribution < -0.4 is 30.9 Å². The second-order valence-corrected chi connectivity index (χ2v) is 20.4. The topological polar surface area (TPSA) is 254 Å². The van der Waals surface area contributed by atoms with Crippen molar-refractivity contribution in [3.05, 3.63) is 118 Å². The Morgan fingerprint density at radius 3 is 0.853 bits per heavy atom. The summed E-state index contributed by atoms with van der Waals surface area (Å²) in [5, 5.41) is 5.40. The Bertz CT molecular complexity index is 3960. The molecule has 0 atom stereocenters. The minimum absolute atomic E-state index is 0. The predicted octanol–water partition coefficient (Wildman–Crippen LogP) is 8.15. The summed E-state index contributed by atoms with van der Waals surface area (Å²) in [5.74, 6) is -30.4. The third-order valence-corrected chi connectivity index (χ3v) is 13.0. The molecule has 0 amide bonds. The first-order valence-corrected chi connectivity index (χ1v) is 25.3. The first kappa shape index (κ1) is 55.9. The number of nitrogens with one attached hydrogen (secondary N) is 3. The normalized spacial score (nSPS) is 12.4. The molecule has 0 saturated heterocycles. The number of hydrogen-bond donors (Lipinski definition) is 6. The van der Waals surface area contributed by atoms with Crippen LogP contribution in [0.25, 0.3) is 78.6 Å². The van der Waals surface area contributed by atoms with Gasteiger partial charge in [0.2, 0.25) is 0 Å². The summed E-state index contributed by atoms with van der Waals surface area (Å²) in [6, 6.07) is 5.62. The van der Waals surface area contributed by atoms with Crippen LogP contribution in [0.2, 0.25) is 0 Å². The van der Waals surface area contributed by atoms with E-state index in [0.717, 1.165) is 48.6 Å². The number of nitrogens with zero attached hydrogens (tertiary/aromatic N) is 4. The first-order chi connectivity index (χ1) is 34.6. The molecule has 3 aromatic carbocycles. The van der Waals surface area contributed by atoms with Crippen LogP contribution >= 0.6 is 0 Å². The van der Waals surface area contributed by atoms with E-state index < -0.39 is 221 Å². The number of benzene rings is 3. The summed E-state index contributed by atoms with van der Waals surface area (Å²) in [4.78, 5) is 16.8. The zero-order valence-electron chi connectivity index (χ0n) is 36.6. The fourth-order valence-electron chi connectivity index (χ4n) is 7.67. The molecule has 0 fully saturated rings. The molecule has 1 aliphatic rings. The van der Waals surface area contributed by atoms with E-state index in [-0.39, 0.29) is 28.1 Å². The van der Waals surface area contributed by atoms with Crippen LogP contribution in [0.3, 0.4) is 0 Å². The zero-order chi connectivity index (χ0) is 54.1. The molecule has 0 spiro atoms. The number of anilines is 3. The van der Waals surface area contributed by atoms with Crippen molar-refractivity contribution in [1.29, 1.82) is 0 Å². The zero-order valence-corrected chi connectivity index (χ0v) is 40.2. The molecule has 5 heterocycles. The van der Waals surface area contributed by atoms with E-state index in [1.165, 1.54) is 0 Å². The van der Waals surface area contributed by atoms with E-state index in [0.29, 0.717) is 0 Å². The molecule has 16 nitrogen and oxygen atoms in total. The Labute approximate surface area is 423 Å². The van der Waals surface area contributed by atoms with Crippen molar-refractivity contribution >= 4 is 92.7 Å². The van der Waals surface area contributed by atoms with Crippen molar-refractivity contribution in [3.63, 3.8) is 0 Å². The third kappa shape index (κ3) is 10.9. The van der Waals surface area contributed by atoms with Crippen LogP contribution in [-0.4, -0.2) is 80.8 Å². The number of aromatic nitrogens is 4. The third-order valence-electron chi connectivity index (χ3n) is 10.9. The molecule has 0 unspecified atom stereocenters. The average Bonchev–Trinajstić information content (AvgIpc) is 4.17. The maximum Gasteiger partial charge on any atom is 3.00 e. The Hall–Kier alpha value is -6.80. The van der Waals surface area contributed by atoms with E-state index in [1.54, 1.807) is 5.32 Å². The Morgan fingerprint density at radius 1 is 0.360 bits per heavy atom. The summed E-state index contributed by atoms with van der Waals surface area (Å²) in [6.45, 7) is -3.02. The second-order valence-electron chi connectivity index (χ2n) is 15.6. The fraction of sp³-hybridized carbons (Fsp3) is 0.140. The summed E-state index contributed by atoms with van der Waals surface area (Å²) >= 11 is 0.